The van der Waals surface area contributed by atoms with Crippen LogP contribution in [0.2, 0.25) is 0 Å². The fourth-order valence-electron chi connectivity index (χ4n) is 2.46. The highest BCUT2D eigenvalue weighted by Crippen LogP contribution is 2.41. The third-order valence-corrected chi connectivity index (χ3v) is 5.06. The van der Waals surface area contributed by atoms with E-state index in [4.69, 9.17) is 4.42 Å². The molecule has 0 saturated carbocycles. The van der Waals surface area contributed by atoms with Gasteiger partial charge in [0.15, 0.2) is 0 Å². The molecular weight excluding hydrogens is 218 g/mol. The van der Waals surface area contributed by atoms with Crippen molar-refractivity contribution in [1.29, 1.82) is 0 Å². The molecule has 0 radical (unpaired) electrons. The Labute approximate surface area is 102 Å². The molecule has 2 rings (SSSR count). The average Bonchev–Trinajstić information content (AvgIpc) is 2.89. The van der Waals surface area contributed by atoms with Gasteiger partial charge in [-0.05, 0) is 44.2 Å². The summed E-state index contributed by atoms with van der Waals surface area (Å²) in [7, 11) is 0. The molecule has 2 heterocycles. The molecule has 0 spiro atoms. The van der Waals surface area contributed by atoms with Crippen molar-refractivity contribution >= 4 is 11.8 Å². The Balaban J connectivity index is 2.04. The quantitative estimate of drug-likeness (QED) is 0.855. The zero-order valence-corrected chi connectivity index (χ0v) is 11.0. The number of rotatable bonds is 5. The van der Waals surface area contributed by atoms with Crippen LogP contribution in [-0.2, 0) is 6.42 Å². The molecule has 2 atom stereocenters. The van der Waals surface area contributed by atoms with Gasteiger partial charge in [-0.3, -0.25) is 0 Å². The Bertz CT molecular complexity index is 304. The Morgan fingerprint density at radius 1 is 1.62 bits per heavy atom. The van der Waals surface area contributed by atoms with E-state index in [1.165, 1.54) is 18.6 Å². The fourth-order valence-corrected chi connectivity index (χ4v) is 3.87. The van der Waals surface area contributed by atoms with Crippen LogP contribution in [0, 0.1) is 0 Å². The number of hydrogen-bond donors (Lipinski definition) is 1. The van der Waals surface area contributed by atoms with Gasteiger partial charge >= 0.3 is 0 Å². The van der Waals surface area contributed by atoms with Crippen LogP contribution in [0.1, 0.15) is 32.4 Å². The van der Waals surface area contributed by atoms with Crippen molar-refractivity contribution < 1.29 is 4.42 Å². The van der Waals surface area contributed by atoms with Gasteiger partial charge in [-0.25, -0.2) is 0 Å². The van der Waals surface area contributed by atoms with E-state index in [1.54, 1.807) is 6.26 Å². The smallest absolute Gasteiger partial charge is 0.105 e. The van der Waals surface area contributed by atoms with Gasteiger partial charge in [0.2, 0.25) is 0 Å². The van der Waals surface area contributed by atoms with Crippen LogP contribution in [0.15, 0.2) is 22.8 Å². The molecule has 16 heavy (non-hydrogen) atoms. The highest BCUT2D eigenvalue weighted by molar-refractivity contribution is 8.00. The topological polar surface area (TPSA) is 25.2 Å². The highest BCUT2D eigenvalue weighted by atomic mass is 32.2. The lowest BCUT2D eigenvalue weighted by Crippen LogP contribution is -2.46. The monoisotopic (exact) mass is 239 g/mol. The summed E-state index contributed by atoms with van der Waals surface area (Å²) in [6, 6.07) is 4.58. The Hall–Kier alpha value is -0.410. The van der Waals surface area contributed by atoms with Gasteiger partial charge < -0.3 is 9.73 Å². The molecule has 0 bridgehead atoms. The molecule has 1 fully saturated rings. The second-order valence-electron chi connectivity index (χ2n) is 4.66. The lowest BCUT2D eigenvalue weighted by Gasteiger charge is -2.33. The van der Waals surface area contributed by atoms with E-state index in [1.807, 2.05) is 6.07 Å². The molecule has 2 nitrogen and oxygen atoms in total. The molecule has 1 aromatic heterocycles. The van der Waals surface area contributed by atoms with Crippen molar-refractivity contribution in [1.82, 2.24) is 5.32 Å². The van der Waals surface area contributed by atoms with Gasteiger partial charge in [-0.1, -0.05) is 6.92 Å². The number of thioether (sulfide) groups is 1. The fraction of sp³-hybridized carbons (Fsp3) is 0.692. The standard InChI is InChI=1S/C13H21NOS/c1-3-14-12(10-11-6-4-8-15-11)13(2)7-5-9-16-13/h4,6,8,12,14H,3,5,7,9-10H2,1-2H3. The molecule has 0 amide bonds. The minimum Gasteiger partial charge on any atom is -0.469 e. The molecule has 1 aromatic rings. The minimum atomic E-state index is 0.378. The SMILES string of the molecule is CCNC(Cc1ccco1)C1(C)CCCS1. The largest absolute Gasteiger partial charge is 0.469 e. The first kappa shape index (κ1) is 12.1. The van der Waals surface area contributed by atoms with Crippen molar-refractivity contribution in [2.75, 3.05) is 12.3 Å². The van der Waals surface area contributed by atoms with Crippen LogP contribution in [0.5, 0.6) is 0 Å². The van der Waals surface area contributed by atoms with Crippen LogP contribution >= 0.6 is 11.8 Å². The Morgan fingerprint density at radius 2 is 2.50 bits per heavy atom. The lowest BCUT2D eigenvalue weighted by molar-refractivity contribution is 0.376. The summed E-state index contributed by atoms with van der Waals surface area (Å²) in [5, 5.41) is 3.62. The summed E-state index contributed by atoms with van der Waals surface area (Å²) in [5.41, 5.74) is 0. The molecule has 2 unspecified atom stereocenters. The van der Waals surface area contributed by atoms with Crippen LogP contribution in [-0.4, -0.2) is 23.1 Å². The van der Waals surface area contributed by atoms with Gasteiger partial charge in [0, 0.05) is 17.2 Å². The zero-order chi connectivity index (χ0) is 11.4. The molecule has 1 N–H and O–H groups in total. The summed E-state index contributed by atoms with van der Waals surface area (Å²) in [6.07, 6.45) is 5.43. The normalized spacial score (nSPS) is 27.1. The van der Waals surface area contributed by atoms with Gasteiger partial charge in [0.1, 0.15) is 5.76 Å². The van der Waals surface area contributed by atoms with Crippen LogP contribution in [0.25, 0.3) is 0 Å². The summed E-state index contributed by atoms with van der Waals surface area (Å²) in [6.45, 7) is 5.60. The predicted molar refractivity (Wildman–Crippen MR) is 70.0 cm³/mol. The second-order valence-corrected chi connectivity index (χ2v) is 6.29. The maximum absolute atomic E-state index is 5.47. The zero-order valence-electron chi connectivity index (χ0n) is 10.2. The lowest BCUT2D eigenvalue weighted by atomic mass is 9.92. The van der Waals surface area contributed by atoms with Crippen LogP contribution in [0.4, 0.5) is 0 Å². The van der Waals surface area contributed by atoms with Crippen molar-refractivity contribution in [3.8, 4) is 0 Å². The van der Waals surface area contributed by atoms with Gasteiger partial charge in [0.25, 0.3) is 0 Å². The van der Waals surface area contributed by atoms with E-state index in [0.717, 1.165) is 18.7 Å². The van der Waals surface area contributed by atoms with E-state index in [2.05, 4.69) is 37.0 Å². The summed E-state index contributed by atoms with van der Waals surface area (Å²) >= 11 is 2.11. The third-order valence-electron chi connectivity index (χ3n) is 3.42. The van der Waals surface area contributed by atoms with Crippen LogP contribution < -0.4 is 5.32 Å². The molecule has 90 valence electrons. The minimum absolute atomic E-state index is 0.378. The molecular formula is C13H21NOS. The Kier molecular flexibility index (Phi) is 3.98. The molecule has 1 aliphatic rings. The maximum Gasteiger partial charge on any atom is 0.105 e. The average molecular weight is 239 g/mol. The van der Waals surface area contributed by atoms with E-state index in [-0.39, 0.29) is 0 Å². The molecule has 1 saturated heterocycles. The third kappa shape index (κ3) is 2.64. The summed E-state index contributed by atoms with van der Waals surface area (Å²) in [4.78, 5) is 0. The molecule has 0 aliphatic carbocycles. The first-order chi connectivity index (χ1) is 7.74. The van der Waals surface area contributed by atoms with Crippen molar-refractivity contribution in [2.24, 2.45) is 0 Å². The number of furan rings is 1. The summed E-state index contributed by atoms with van der Waals surface area (Å²) < 4.78 is 5.84. The molecule has 3 heteroatoms. The van der Waals surface area contributed by atoms with Crippen molar-refractivity contribution in [3.05, 3.63) is 24.2 Å². The number of nitrogens with one attached hydrogen (secondary N) is 1. The van der Waals surface area contributed by atoms with Crippen molar-refractivity contribution in [2.45, 2.75) is 43.9 Å². The summed E-state index contributed by atoms with van der Waals surface area (Å²) in [5.74, 6) is 2.40. The Morgan fingerprint density at radius 3 is 3.06 bits per heavy atom. The molecule has 0 aromatic carbocycles. The van der Waals surface area contributed by atoms with Gasteiger partial charge in [0.05, 0.1) is 6.26 Å². The van der Waals surface area contributed by atoms with E-state index >= 15 is 0 Å². The molecule has 1 aliphatic heterocycles. The van der Waals surface area contributed by atoms with Crippen LogP contribution in [0.3, 0.4) is 0 Å². The van der Waals surface area contributed by atoms with E-state index in [0.29, 0.717) is 10.8 Å². The van der Waals surface area contributed by atoms with Gasteiger partial charge in [-0.2, -0.15) is 11.8 Å². The van der Waals surface area contributed by atoms with E-state index in [9.17, 15) is 0 Å². The second kappa shape index (κ2) is 5.28. The predicted octanol–water partition coefficient (Wildman–Crippen LogP) is 3.09. The van der Waals surface area contributed by atoms with Crippen molar-refractivity contribution in [3.63, 3.8) is 0 Å². The van der Waals surface area contributed by atoms with Gasteiger partial charge in [-0.15, -0.1) is 0 Å². The first-order valence-electron chi connectivity index (χ1n) is 6.14. The van der Waals surface area contributed by atoms with E-state index < -0.39 is 0 Å². The first-order valence-corrected chi connectivity index (χ1v) is 7.13. The highest BCUT2D eigenvalue weighted by Gasteiger charge is 2.37. The number of likely N-dealkylation sites (N-methyl/N-ethyl adjacent to an activating group) is 1. The number of hydrogen-bond acceptors (Lipinski definition) is 3. The maximum atomic E-state index is 5.47.